The van der Waals surface area contributed by atoms with Crippen LogP contribution in [-0.2, 0) is 14.3 Å². The molecule has 7 heteroatoms. The summed E-state index contributed by atoms with van der Waals surface area (Å²) >= 11 is 0. The van der Waals surface area contributed by atoms with E-state index in [-0.39, 0.29) is 24.8 Å². The summed E-state index contributed by atoms with van der Waals surface area (Å²) in [5.41, 5.74) is 1.33. The molecule has 2 aliphatic rings. The molecule has 25 heavy (non-hydrogen) atoms. The first-order valence-corrected chi connectivity index (χ1v) is 8.58. The SMILES string of the molecule is C/C=C/C=C/C(=O)N1NC(=O)CC12CCCN(C(=O)OC(C)(C)C)C2. The van der Waals surface area contributed by atoms with Gasteiger partial charge in [0.25, 0.3) is 5.91 Å². The molecule has 2 fully saturated rings. The molecule has 1 spiro atoms. The molecule has 0 bridgehead atoms. The molecule has 0 aromatic carbocycles. The molecule has 0 saturated carbocycles. The number of allylic oxidation sites excluding steroid dienone is 3. The molecule has 0 aromatic rings. The third-order valence-corrected chi connectivity index (χ3v) is 4.17. The van der Waals surface area contributed by atoms with Crippen LogP contribution < -0.4 is 5.43 Å². The van der Waals surface area contributed by atoms with Crippen molar-refractivity contribution in [3.05, 3.63) is 24.3 Å². The van der Waals surface area contributed by atoms with E-state index in [0.29, 0.717) is 19.4 Å². The molecular formula is C18H27N3O4. The van der Waals surface area contributed by atoms with Crippen LogP contribution in [0.4, 0.5) is 4.79 Å². The van der Waals surface area contributed by atoms with Gasteiger partial charge in [0.2, 0.25) is 5.91 Å². The van der Waals surface area contributed by atoms with Crippen molar-refractivity contribution in [2.24, 2.45) is 0 Å². The van der Waals surface area contributed by atoms with Crippen LogP contribution in [0.3, 0.4) is 0 Å². The Morgan fingerprint density at radius 1 is 1.28 bits per heavy atom. The van der Waals surface area contributed by atoms with E-state index >= 15 is 0 Å². The lowest BCUT2D eigenvalue weighted by molar-refractivity contribution is -0.138. The number of hydrogen-bond acceptors (Lipinski definition) is 4. The Balaban J connectivity index is 2.17. The van der Waals surface area contributed by atoms with Crippen LogP contribution in [0.5, 0.6) is 0 Å². The van der Waals surface area contributed by atoms with Crippen molar-refractivity contribution in [3.63, 3.8) is 0 Å². The van der Waals surface area contributed by atoms with Gasteiger partial charge in [-0.2, -0.15) is 0 Å². The van der Waals surface area contributed by atoms with E-state index in [1.165, 1.54) is 11.1 Å². The molecule has 7 nitrogen and oxygen atoms in total. The first-order chi connectivity index (χ1) is 11.7. The van der Waals surface area contributed by atoms with E-state index in [1.54, 1.807) is 17.1 Å². The number of rotatable bonds is 2. The second-order valence-electron chi connectivity index (χ2n) is 7.50. The minimum atomic E-state index is -0.719. The quantitative estimate of drug-likeness (QED) is 0.612. The molecule has 1 unspecified atom stereocenters. The minimum Gasteiger partial charge on any atom is -0.444 e. The number of hydrazine groups is 1. The van der Waals surface area contributed by atoms with E-state index in [1.807, 2.05) is 33.8 Å². The van der Waals surface area contributed by atoms with Crippen LogP contribution in [0.25, 0.3) is 0 Å². The maximum absolute atomic E-state index is 12.5. The van der Waals surface area contributed by atoms with Gasteiger partial charge in [-0.25, -0.2) is 9.80 Å². The van der Waals surface area contributed by atoms with E-state index in [9.17, 15) is 14.4 Å². The van der Waals surface area contributed by atoms with Gasteiger partial charge in [0.05, 0.1) is 12.0 Å². The second kappa shape index (κ2) is 7.29. The van der Waals surface area contributed by atoms with Crippen molar-refractivity contribution in [2.45, 2.75) is 58.1 Å². The molecule has 2 rings (SSSR count). The summed E-state index contributed by atoms with van der Waals surface area (Å²) in [7, 11) is 0. The van der Waals surface area contributed by atoms with E-state index in [2.05, 4.69) is 5.43 Å². The molecule has 3 amide bonds. The predicted octanol–water partition coefficient (Wildman–Crippen LogP) is 2.15. The fraction of sp³-hybridized carbons (Fsp3) is 0.611. The Hall–Kier alpha value is -2.31. The number of piperidine rings is 1. The van der Waals surface area contributed by atoms with Crippen LogP contribution in [0.15, 0.2) is 24.3 Å². The zero-order valence-electron chi connectivity index (χ0n) is 15.4. The lowest BCUT2D eigenvalue weighted by Gasteiger charge is -2.43. The monoisotopic (exact) mass is 349 g/mol. The Morgan fingerprint density at radius 2 is 2.00 bits per heavy atom. The van der Waals surface area contributed by atoms with Crippen molar-refractivity contribution in [2.75, 3.05) is 13.1 Å². The van der Waals surface area contributed by atoms with Gasteiger partial charge >= 0.3 is 6.09 Å². The van der Waals surface area contributed by atoms with Gasteiger partial charge in [-0.3, -0.25) is 15.0 Å². The van der Waals surface area contributed by atoms with Crippen LogP contribution in [-0.4, -0.2) is 52.0 Å². The third-order valence-electron chi connectivity index (χ3n) is 4.17. The summed E-state index contributed by atoms with van der Waals surface area (Å²) in [6, 6.07) is 0. The number of nitrogens with one attached hydrogen (secondary N) is 1. The first-order valence-electron chi connectivity index (χ1n) is 8.58. The van der Waals surface area contributed by atoms with Gasteiger partial charge < -0.3 is 9.64 Å². The Morgan fingerprint density at radius 3 is 2.64 bits per heavy atom. The highest BCUT2D eigenvalue weighted by Gasteiger charge is 2.50. The smallest absolute Gasteiger partial charge is 0.410 e. The number of amides is 3. The summed E-state index contributed by atoms with van der Waals surface area (Å²) in [5.74, 6) is -0.506. The number of carbonyl (C=O) groups is 3. The molecule has 2 saturated heterocycles. The fourth-order valence-corrected chi connectivity index (χ4v) is 3.19. The average molecular weight is 349 g/mol. The summed E-state index contributed by atoms with van der Waals surface area (Å²) < 4.78 is 5.44. The number of likely N-dealkylation sites (tertiary alicyclic amines) is 1. The predicted molar refractivity (Wildman–Crippen MR) is 93.3 cm³/mol. The Bertz CT molecular complexity index is 606. The van der Waals surface area contributed by atoms with Crippen LogP contribution in [0.2, 0.25) is 0 Å². The standard InChI is InChI=1S/C18H27N3O4/c1-5-6-7-9-15(23)21-18(12-14(22)19-21)10-8-11-20(13-18)16(24)25-17(2,3)4/h5-7,9H,8,10-13H2,1-4H3,(H,19,22)/b6-5+,9-7+. The highest BCUT2D eigenvalue weighted by atomic mass is 16.6. The maximum Gasteiger partial charge on any atom is 0.410 e. The molecule has 0 aliphatic carbocycles. The van der Waals surface area contributed by atoms with Crippen molar-refractivity contribution in [3.8, 4) is 0 Å². The number of hydrogen-bond donors (Lipinski definition) is 1. The number of nitrogens with zero attached hydrogens (tertiary/aromatic N) is 2. The van der Waals surface area contributed by atoms with Gasteiger partial charge in [0.15, 0.2) is 0 Å². The maximum atomic E-state index is 12.5. The minimum absolute atomic E-state index is 0.190. The summed E-state index contributed by atoms with van der Waals surface area (Å²) in [5, 5.41) is 1.38. The normalized spacial score (nSPS) is 24.4. The van der Waals surface area contributed by atoms with Gasteiger partial charge in [0, 0.05) is 19.2 Å². The molecule has 2 aliphatic heterocycles. The fourth-order valence-electron chi connectivity index (χ4n) is 3.19. The van der Waals surface area contributed by atoms with Crippen LogP contribution >= 0.6 is 0 Å². The van der Waals surface area contributed by atoms with E-state index in [4.69, 9.17) is 4.74 Å². The van der Waals surface area contributed by atoms with E-state index in [0.717, 1.165) is 0 Å². The van der Waals surface area contributed by atoms with Crippen LogP contribution in [0.1, 0.15) is 47.0 Å². The molecule has 138 valence electrons. The van der Waals surface area contributed by atoms with Crippen molar-refractivity contribution in [1.82, 2.24) is 15.3 Å². The van der Waals surface area contributed by atoms with Crippen molar-refractivity contribution >= 4 is 17.9 Å². The third kappa shape index (κ3) is 4.61. The highest BCUT2D eigenvalue weighted by Crippen LogP contribution is 2.34. The van der Waals surface area contributed by atoms with Gasteiger partial charge in [-0.05, 0) is 40.5 Å². The summed E-state index contributed by atoms with van der Waals surface area (Å²) in [4.78, 5) is 38.5. The second-order valence-corrected chi connectivity index (χ2v) is 7.50. The topological polar surface area (TPSA) is 79.0 Å². The number of ether oxygens (including phenoxy) is 1. The molecule has 1 atom stereocenters. The highest BCUT2D eigenvalue weighted by molar-refractivity contribution is 5.93. The average Bonchev–Trinajstić information content (AvgIpc) is 2.81. The Kier molecular flexibility index (Phi) is 5.55. The zero-order chi connectivity index (χ0) is 18.7. The summed E-state index contributed by atoms with van der Waals surface area (Å²) in [6.45, 7) is 8.13. The first kappa shape index (κ1) is 19.0. The number of carbonyl (C=O) groups excluding carboxylic acids is 3. The summed E-state index contributed by atoms with van der Waals surface area (Å²) in [6.07, 6.45) is 7.75. The lowest BCUT2D eigenvalue weighted by Crippen LogP contribution is -2.60. The molecular weight excluding hydrogens is 322 g/mol. The van der Waals surface area contributed by atoms with Gasteiger partial charge in [-0.15, -0.1) is 0 Å². The van der Waals surface area contributed by atoms with Gasteiger partial charge in [-0.1, -0.05) is 18.2 Å². The molecule has 0 radical (unpaired) electrons. The zero-order valence-corrected chi connectivity index (χ0v) is 15.4. The van der Waals surface area contributed by atoms with Crippen LogP contribution in [0, 0.1) is 0 Å². The molecule has 2 heterocycles. The van der Waals surface area contributed by atoms with Crippen molar-refractivity contribution < 1.29 is 19.1 Å². The lowest BCUT2D eigenvalue weighted by atomic mass is 9.86. The molecule has 0 aromatic heterocycles. The Labute approximate surface area is 148 Å². The van der Waals surface area contributed by atoms with Crippen molar-refractivity contribution in [1.29, 1.82) is 0 Å². The van der Waals surface area contributed by atoms with E-state index < -0.39 is 17.2 Å². The van der Waals surface area contributed by atoms with Gasteiger partial charge in [0.1, 0.15) is 5.60 Å². The largest absolute Gasteiger partial charge is 0.444 e. The molecule has 1 N–H and O–H groups in total.